The molecule has 0 aliphatic heterocycles. The van der Waals surface area contributed by atoms with Crippen LogP contribution >= 0.6 is 0 Å². The van der Waals surface area contributed by atoms with Crippen molar-refractivity contribution in [1.29, 1.82) is 0 Å². The molecule has 12 heteroatoms. The van der Waals surface area contributed by atoms with Gasteiger partial charge in [0, 0.05) is 44.7 Å². The van der Waals surface area contributed by atoms with E-state index in [1.807, 2.05) is 44.2 Å². The first-order valence-electron chi connectivity index (χ1n) is 16.4. The third-order valence-electron chi connectivity index (χ3n) is 7.97. The molecule has 0 radical (unpaired) electrons. The van der Waals surface area contributed by atoms with E-state index in [2.05, 4.69) is 27.9 Å². The van der Waals surface area contributed by atoms with Gasteiger partial charge < -0.3 is 32.2 Å². The van der Waals surface area contributed by atoms with Crippen LogP contribution < -0.4 is 27.4 Å². The van der Waals surface area contributed by atoms with E-state index in [0.717, 1.165) is 31.2 Å². The van der Waals surface area contributed by atoms with Gasteiger partial charge in [-0.1, -0.05) is 76.8 Å². The van der Waals surface area contributed by atoms with Crippen LogP contribution in [0.25, 0.3) is 0 Å². The highest BCUT2D eigenvalue weighted by Gasteiger charge is 2.33. The molecule has 0 unspecified atom stereocenters. The molecule has 0 fully saturated rings. The van der Waals surface area contributed by atoms with Gasteiger partial charge in [-0.05, 0) is 30.7 Å². The van der Waals surface area contributed by atoms with Gasteiger partial charge in [-0.3, -0.25) is 24.2 Å². The van der Waals surface area contributed by atoms with E-state index in [-0.39, 0.29) is 49.3 Å². The highest BCUT2D eigenvalue weighted by molar-refractivity contribution is 5.95. The summed E-state index contributed by atoms with van der Waals surface area (Å²) in [6.07, 6.45) is 5.13. The van der Waals surface area contributed by atoms with Crippen LogP contribution in [-0.2, 0) is 35.1 Å². The van der Waals surface area contributed by atoms with Crippen molar-refractivity contribution in [2.45, 2.75) is 97.1 Å². The highest BCUT2D eigenvalue weighted by Crippen LogP contribution is 2.20. The number of nitrogens with one attached hydrogen (secondary N) is 3. The molecule has 46 heavy (non-hydrogen) atoms. The number of rotatable bonds is 23. The van der Waals surface area contributed by atoms with Crippen molar-refractivity contribution in [1.82, 2.24) is 16.0 Å². The first-order valence-corrected chi connectivity index (χ1v) is 16.4. The monoisotopic (exact) mass is 644 g/mol. The van der Waals surface area contributed by atoms with E-state index in [1.165, 1.54) is 7.11 Å². The molecule has 0 aliphatic rings. The van der Waals surface area contributed by atoms with Gasteiger partial charge in [0.25, 0.3) is 0 Å². The van der Waals surface area contributed by atoms with Gasteiger partial charge in [0.15, 0.2) is 11.7 Å². The van der Waals surface area contributed by atoms with Gasteiger partial charge in [0.1, 0.15) is 11.8 Å². The second-order valence-electron chi connectivity index (χ2n) is 12.0. The minimum atomic E-state index is -0.914. The Morgan fingerprint density at radius 1 is 0.891 bits per heavy atom. The van der Waals surface area contributed by atoms with Crippen LogP contribution in [0, 0.1) is 17.8 Å². The molecule has 12 nitrogen and oxygen atoms in total. The third-order valence-corrected chi connectivity index (χ3v) is 7.97. The summed E-state index contributed by atoms with van der Waals surface area (Å²) in [5.74, 6) is -3.30. The van der Waals surface area contributed by atoms with Crippen molar-refractivity contribution in [3.05, 3.63) is 35.9 Å². The Kier molecular flexibility index (Phi) is 19.8. The van der Waals surface area contributed by atoms with Crippen LogP contribution in [0.4, 0.5) is 0 Å². The number of aliphatic imine (C=N–C) groups is 1. The van der Waals surface area contributed by atoms with E-state index in [0.29, 0.717) is 25.8 Å². The molecule has 0 saturated carbocycles. The van der Waals surface area contributed by atoms with E-state index >= 15 is 0 Å². The molecule has 0 aromatic heterocycles. The predicted octanol–water partition coefficient (Wildman–Crippen LogP) is 2.42. The van der Waals surface area contributed by atoms with Gasteiger partial charge in [0.2, 0.25) is 11.8 Å². The summed E-state index contributed by atoms with van der Waals surface area (Å²) in [5, 5.41) is 8.64. The van der Waals surface area contributed by atoms with Crippen molar-refractivity contribution in [3.8, 4) is 0 Å². The van der Waals surface area contributed by atoms with E-state index in [4.69, 9.17) is 16.2 Å². The Morgan fingerprint density at radius 3 is 2.11 bits per heavy atom. The van der Waals surface area contributed by atoms with Crippen molar-refractivity contribution in [3.63, 3.8) is 0 Å². The molecule has 1 rings (SSSR count). The van der Waals surface area contributed by atoms with Gasteiger partial charge in [-0.2, -0.15) is 0 Å². The lowest BCUT2D eigenvalue weighted by Crippen LogP contribution is -2.49. The maximum absolute atomic E-state index is 13.7. The predicted molar refractivity (Wildman–Crippen MR) is 180 cm³/mol. The summed E-state index contributed by atoms with van der Waals surface area (Å²) < 4.78 is 4.97. The number of guanidine groups is 1. The number of amides is 2. The second-order valence-corrected chi connectivity index (χ2v) is 12.0. The quantitative estimate of drug-likeness (QED) is 0.0514. The molecule has 258 valence electrons. The Hall–Kier alpha value is -3.80. The molecule has 7 N–H and O–H groups in total. The lowest BCUT2D eigenvalue weighted by atomic mass is 9.88. The number of methoxy groups -OCH3 is 1. The van der Waals surface area contributed by atoms with Crippen LogP contribution in [0.3, 0.4) is 0 Å². The standard InChI is InChI=1S/C34H56N6O6/c1-6-7-8-12-16-26(31(43)39-28(33(45)46-5)19-24-14-10-9-11-15-24)21-29(42)30(23(2)3)40-32(44)25(20-27(41)22-35)17-13-18-38-34(36)37-4/h9-11,14-15,23,25-26,28,30H,6-8,12-13,16-22,35H2,1-5H3,(H,39,43)(H,40,44)(H3,36,37,38)/t25-,26-,28+,30+/m1/s1. The third kappa shape index (κ3) is 15.5. The normalized spacial score (nSPS) is 14.1. The number of nitrogens with zero attached hydrogens (tertiary/aromatic N) is 1. The summed E-state index contributed by atoms with van der Waals surface area (Å²) in [5.41, 5.74) is 12.1. The molecule has 4 atom stereocenters. The summed E-state index contributed by atoms with van der Waals surface area (Å²) in [6, 6.07) is 7.52. The maximum atomic E-state index is 13.7. The summed E-state index contributed by atoms with van der Waals surface area (Å²) >= 11 is 0. The number of unbranched alkanes of at least 4 members (excludes halogenated alkanes) is 3. The number of benzene rings is 1. The van der Waals surface area contributed by atoms with Gasteiger partial charge >= 0.3 is 5.97 Å². The summed E-state index contributed by atoms with van der Waals surface area (Å²) in [6.45, 7) is 6.01. The van der Waals surface area contributed by atoms with Crippen molar-refractivity contribution in [2.24, 2.45) is 34.2 Å². The zero-order valence-electron chi connectivity index (χ0n) is 28.3. The number of hydrogen-bond donors (Lipinski definition) is 5. The number of carbonyl (C=O) groups excluding carboxylic acids is 5. The van der Waals surface area contributed by atoms with Crippen LogP contribution in [0.5, 0.6) is 0 Å². The number of nitrogens with two attached hydrogens (primary N) is 2. The molecular formula is C34H56N6O6. The molecule has 0 spiro atoms. The van der Waals surface area contributed by atoms with Crippen LogP contribution in [0.1, 0.15) is 84.1 Å². The lowest BCUT2D eigenvalue weighted by molar-refractivity contribution is -0.145. The minimum absolute atomic E-state index is 0.0442. The molecular weight excluding hydrogens is 588 g/mol. The van der Waals surface area contributed by atoms with Gasteiger partial charge in [0.05, 0.1) is 19.7 Å². The number of carbonyl (C=O) groups is 5. The first kappa shape index (κ1) is 40.2. The molecule has 0 aliphatic carbocycles. The number of esters is 1. The molecule has 1 aromatic carbocycles. The number of Topliss-reactive ketones (excluding diaryl/α,β-unsaturated/α-hetero) is 2. The van der Waals surface area contributed by atoms with Crippen molar-refractivity contribution >= 4 is 35.3 Å². The zero-order valence-corrected chi connectivity index (χ0v) is 28.3. The summed E-state index contributed by atoms with van der Waals surface area (Å²) in [4.78, 5) is 69.5. The second kappa shape index (κ2) is 22.7. The fraction of sp³-hybridized carbons (Fsp3) is 0.647. The Bertz CT molecular complexity index is 1130. The Morgan fingerprint density at radius 2 is 1.52 bits per heavy atom. The SMILES string of the molecule is CCCCCC[C@H](CC(=O)[C@@H](NC(=O)[C@H](CCCNC(N)=NC)CC(=O)CN)C(C)C)C(=O)N[C@@H](Cc1ccccc1)C(=O)OC. The average molecular weight is 645 g/mol. The lowest BCUT2D eigenvalue weighted by Gasteiger charge is -2.27. The van der Waals surface area contributed by atoms with E-state index < -0.39 is 41.7 Å². The van der Waals surface area contributed by atoms with Crippen molar-refractivity contribution in [2.75, 3.05) is 27.2 Å². The topological polar surface area (TPSA) is 195 Å². The fourth-order valence-corrected chi connectivity index (χ4v) is 5.21. The minimum Gasteiger partial charge on any atom is -0.467 e. The van der Waals surface area contributed by atoms with Crippen molar-refractivity contribution < 1.29 is 28.7 Å². The zero-order chi connectivity index (χ0) is 34.5. The van der Waals surface area contributed by atoms with Crippen LogP contribution in [-0.4, -0.2) is 74.6 Å². The van der Waals surface area contributed by atoms with E-state index in [9.17, 15) is 24.0 Å². The fourth-order valence-electron chi connectivity index (χ4n) is 5.21. The average Bonchev–Trinajstić information content (AvgIpc) is 3.05. The number of ketones is 2. The molecule has 0 bridgehead atoms. The molecule has 1 aromatic rings. The number of ether oxygens (including phenoxy) is 1. The number of hydrogen-bond acceptors (Lipinski definition) is 8. The largest absolute Gasteiger partial charge is 0.467 e. The van der Waals surface area contributed by atoms with Crippen LogP contribution in [0.15, 0.2) is 35.3 Å². The van der Waals surface area contributed by atoms with Gasteiger partial charge in [-0.15, -0.1) is 0 Å². The Balaban J connectivity index is 3.10. The van der Waals surface area contributed by atoms with E-state index in [1.54, 1.807) is 7.05 Å². The maximum Gasteiger partial charge on any atom is 0.328 e. The van der Waals surface area contributed by atoms with Crippen LogP contribution in [0.2, 0.25) is 0 Å². The summed E-state index contributed by atoms with van der Waals surface area (Å²) in [7, 11) is 2.83. The highest BCUT2D eigenvalue weighted by atomic mass is 16.5. The smallest absolute Gasteiger partial charge is 0.328 e. The molecule has 0 saturated heterocycles. The Labute approximate surface area is 274 Å². The van der Waals surface area contributed by atoms with Gasteiger partial charge in [-0.25, -0.2) is 4.79 Å². The molecule has 2 amide bonds. The molecule has 0 heterocycles. The first-order chi connectivity index (χ1) is 22.0.